The molecule has 38 heavy (non-hydrogen) atoms. The molecule has 5 rings (SSSR count). The van der Waals surface area contributed by atoms with E-state index < -0.39 is 17.0 Å². The van der Waals surface area contributed by atoms with Crippen molar-refractivity contribution in [3.8, 4) is 11.8 Å². The Kier molecular flexibility index (Phi) is 6.62. The molecule has 0 spiro atoms. The summed E-state index contributed by atoms with van der Waals surface area (Å²) in [5.74, 6) is 3.92. The molecule has 6 atom stereocenters. The monoisotopic (exact) mass is 525 g/mol. The van der Waals surface area contributed by atoms with Gasteiger partial charge in [0.25, 0.3) is 0 Å². The smallest absolute Gasteiger partial charge is 0.399 e. The van der Waals surface area contributed by atoms with E-state index in [0.29, 0.717) is 31.4 Å². The Morgan fingerprint density at radius 2 is 1.92 bits per heavy atom. The van der Waals surface area contributed by atoms with Crippen LogP contribution in [0.4, 0.5) is 18.9 Å². The van der Waals surface area contributed by atoms with E-state index in [2.05, 4.69) is 12.8 Å². The summed E-state index contributed by atoms with van der Waals surface area (Å²) in [6.07, 6.45) is 0.445. The number of Topliss-reactive ketones (excluding diaryl/α,β-unsaturated/α-hetero) is 1. The maximum Gasteiger partial charge on any atom is 0.457 e. The lowest BCUT2D eigenvalue weighted by atomic mass is 9.47. The third kappa shape index (κ3) is 4.22. The molecular formula is C31H34F3NO3. The average Bonchev–Trinajstić information content (AvgIpc) is 3.16. The second-order valence-electron chi connectivity index (χ2n) is 11.7. The van der Waals surface area contributed by atoms with Gasteiger partial charge in [0.2, 0.25) is 0 Å². The normalized spacial score (nSPS) is 34.5. The summed E-state index contributed by atoms with van der Waals surface area (Å²) in [6.45, 7) is 3.84. The van der Waals surface area contributed by atoms with Gasteiger partial charge in [0.05, 0.1) is 5.41 Å². The average molecular weight is 526 g/mol. The van der Waals surface area contributed by atoms with Crippen LogP contribution < -0.4 is 5.73 Å². The Morgan fingerprint density at radius 1 is 1.21 bits per heavy atom. The predicted molar refractivity (Wildman–Crippen MR) is 139 cm³/mol. The van der Waals surface area contributed by atoms with Crippen molar-refractivity contribution < 1.29 is 27.5 Å². The van der Waals surface area contributed by atoms with Crippen LogP contribution in [0.5, 0.6) is 0 Å². The number of ether oxygens (including phenoxy) is 1. The largest absolute Gasteiger partial charge is 0.457 e. The van der Waals surface area contributed by atoms with Gasteiger partial charge in [0, 0.05) is 31.1 Å². The second kappa shape index (κ2) is 9.41. The number of carbonyl (C=O) groups excluding carboxylic acids is 2. The SMILES string of the molecule is COCC(=O)[C@@]1(C#CC(F)(F)F)CC[C@H]2[C@@H]3CC(C)C4=CC(=O)CCC4=C3[C@@H](c3ccc(N)cc3)C[C@@]21C. The third-order valence-electron chi connectivity index (χ3n) is 9.79. The van der Waals surface area contributed by atoms with E-state index >= 15 is 0 Å². The molecule has 1 aromatic carbocycles. The topological polar surface area (TPSA) is 69.4 Å². The van der Waals surface area contributed by atoms with Crippen molar-refractivity contribution in [2.24, 2.45) is 28.6 Å². The highest BCUT2D eigenvalue weighted by Crippen LogP contribution is 2.70. The molecule has 0 saturated heterocycles. The molecule has 4 aliphatic carbocycles. The van der Waals surface area contributed by atoms with E-state index in [9.17, 15) is 22.8 Å². The molecule has 0 bridgehead atoms. The summed E-state index contributed by atoms with van der Waals surface area (Å²) >= 11 is 0. The Bertz CT molecular complexity index is 1280. The molecule has 0 aromatic heterocycles. The van der Waals surface area contributed by atoms with E-state index in [1.807, 2.05) is 31.2 Å². The quantitative estimate of drug-likeness (QED) is 0.376. The zero-order valence-corrected chi connectivity index (χ0v) is 22.1. The van der Waals surface area contributed by atoms with Gasteiger partial charge in [-0.3, -0.25) is 9.59 Å². The summed E-state index contributed by atoms with van der Waals surface area (Å²) in [5, 5.41) is 0. The van der Waals surface area contributed by atoms with E-state index in [1.54, 1.807) is 6.08 Å². The highest BCUT2D eigenvalue weighted by molar-refractivity contribution is 5.93. The Labute approximate surface area is 221 Å². The van der Waals surface area contributed by atoms with Gasteiger partial charge >= 0.3 is 6.18 Å². The number of anilines is 1. The van der Waals surface area contributed by atoms with Crippen LogP contribution in [0.25, 0.3) is 0 Å². The zero-order chi connectivity index (χ0) is 27.5. The van der Waals surface area contributed by atoms with Crippen molar-refractivity contribution in [3.63, 3.8) is 0 Å². The lowest BCUT2D eigenvalue weighted by Gasteiger charge is -2.55. The fourth-order valence-electron chi connectivity index (χ4n) is 8.17. The number of nitrogen functional groups attached to an aromatic ring is 1. The van der Waals surface area contributed by atoms with Crippen molar-refractivity contribution in [3.05, 3.63) is 52.6 Å². The number of ketones is 2. The fourth-order valence-corrected chi connectivity index (χ4v) is 8.17. The molecule has 2 saturated carbocycles. The van der Waals surface area contributed by atoms with Crippen molar-refractivity contribution in [1.29, 1.82) is 0 Å². The van der Waals surface area contributed by atoms with Gasteiger partial charge in [0.15, 0.2) is 11.6 Å². The first kappa shape index (κ1) is 26.7. The van der Waals surface area contributed by atoms with Crippen LogP contribution in [0, 0.1) is 40.4 Å². The van der Waals surface area contributed by atoms with Gasteiger partial charge in [-0.2, -0.15) is 13.2 Å². The van der Waals surface area contributed by atoms with Crippen LogP contribution >= 0.6 is 0 Å². The first-order chi connectivity index (χ1) is 17.9. The molecule has 7 heteroatoms. The van der Waals surface area contributed by atoms with E-state index in [-0.39, 0.29) is 48.3 Å². The summed E-state index contributed by atoms with van der Waals surface area (Å²) < 4.78 is 45.4. The van der Waals surface area contributed by atoms with Gasteiger partial charge in [0.1, 0.15) is 6.61 Å². The molecule has 4 aliphatic rings. The number of nitrogens with two attached hydrogens (primary N) is 1. The summed E-state index contributed by atoms with van der Waals surface area (Å²) in [7, 11) is 1.39. The van der Waals surface area contributed by atoms with Gasteiger partial charge in [-0.15, -0.1) is 0 Å². The molecule has 2 N–H and O–H groups in total. The maximum absolute atomic E-state index is 13.7. The number of hydrogen-bond donors (Lipinski definition) is 1. The first-order valence-corrected chi connectivity index (χ1v) is 13.4. The summed E-state index contributed by atoms with van der Waals surface area (Å²) in [5.41, 5.74) is 9.06. The minimum Gasteiger partial charge on any atom is -0.399 e. The molecule has 1 aromatic rings. The third-order valence-corrected chi connectivity index (χ3v) is 9.79. The first-order valence-electron chi connectivity index (χ1n) is 13.4. The molecule has 0 radical (unpaired) electrons. The fraction of sp³-hybridized carbons (Fsp3) is 0.548. The van der Waals surface area contributed by atoms with Crippen LogP contribution in [0.15, 0.2) is 47.1 Å². The number of alkyl halides is 3. The number of hydrogen-bond acceptors (Lipinski definition) is 4. The molecule has 202 valence electrons. The molecule has 0 amide bonds. The molecule has 0 aliphatic heterocycles. The van der Waals surface area contributed by atoms with Gasteiger partial charge in [-0.25, -0.2) is 0 Å². The highest BCUT2D eigenvalue weighted by atomic mass is 19.4. The molecule has 2 fully saturated rings. The number of benzene rings is 1. The minimum atomic E-state index is -4.69. The van der Waals surface area contributed by atoms with Gasteiger partial charge in [-0.1, -0.05) is 37.5 Å². The van der Waals surface area contributed by atoms with Crippen LogP contribution in [-0.4, -0.2) is 31.5 Å². The molecule has 0 heterocycles. The van der Waals surface area contributed by atoms with Crippen molar-refractivity contribution >= 4 is 17.3 Å². The zero-order valence-electron chi connectivity index (χ0n) is 22.1. The lowest BCUT2D eigenvalue weighted by molar-refractivity contribution is -0.137. The number of carbonyl (C=O) groups is 2. The standard InChI is InChI=1S/C31H34F3NO3/c1-18-14-24-26-10-11-30(27(37)17-38-3,12-13-31(32,33)34)29(26,2)16-25(19-4-6-20(35)7-5-19)28(24)22-9-8-21(36)15-23(18)22/h4-7,15,18,24-26H,8-11,14,16-17,35H2,1-3H3/t18?,24-,25+,26-,29-,30-/m0/s1. The number of fused-ring (bicyclic) bond motifs is 4. The van der Waals surface area contributed by atoms with Crippen molar-refractivity contribution in [2.45, 2.75) is 64.5 Å². The van der Waals surface area contributed by atoms with Gasteiger partial charge < -0.3 is 10.5 Å². The second-order valence-corrected chi connectivity index (χ2v) is 11.7. The van der Waals surface area contributed by atoms with Crippen LogP contribution in [0.3, 0.4) is 0 Å². The number of halogens is 3. The molecular weight excluding hydrogens is 491 g/mol. The Morgan fingerprint density at radius 3 is 2.58 bits per heavy atom. The highest BCUT2D eigenvalue weighted by Gasteiger charge is 2.66. The summed E-state index contributed by atoms with van der Waals surface area (Å²) in [6, 6.07) is 7.66. The lowest BCUT2D eigenvalue weighted by Crippen LogP contribution is -2.52. The minimum absolute atomic E-state index is 0.000000420. The summed E-state index contributed by atoms with van der Waals surface area (Å²) in [4.78, 5) is 26.0. The molecule has 4 nitrogen and oxygen atoms in total. The number of rotatable bonds is 4. The number of allylic oxidation sites excluding steroid dienone is 4. The Hall–Kier alpha value is -2.85. The van der Waals surface area contributed by atoms with E-state index in [4.69, 9.17) is 10.5 Å². The van der Waals surface area contributed by atoms with Crippen molar-refractivity contribution in [2.75, 3.05) is 19.5 Å². The molecule has 1 unspecified atom stereocenters. The van der Waals surface area contributed by atoms with Crippen LogP contribution in [-0.2, 0) is 14.3 Å². The van der Waals surface area contributed by atoms with E-state index in [1.165, 1.54) is 24.2 Å². The van der Waals surface area contributed by atoms with Crippen LogP contribution in [0.1, 0.15) is 63.9 Å². The Balaban J connectivity index is 1.73. The number of methoxy groups -OCH3 is 1. The predicted octanol–water partition coefficient (Wildman–Crippen LogP) is 6.18. The van der Waals surface area contributed by atoms with Gasteiger partial charge in [-0.05, 0) is 90.2 Å². The van der Waals surface area contributed by atoms with Crippen LogP contribution in [0.2, 0.25) is 0 Å². The van der Waals surface area contributed by atoms with E-state index in [0.717, 1.165) is 17.6 Å². The van der Waals surface area contributed by atoms with Crippen molar-refractivity contribution in [1.82, 2.24) is 0 Å². The maximum atomic E-state index is 13.7.